The molecule has 4 rings (SSSR count). The third kappa shape index (κ3) is 4.51. The molecule has 1 aromatic rings. The highest BCUT2D eigenvalue weighted by Crippen LogP contribution is 2.38. The number of piperazine rings is 1. The zero-order valence-corrected chi connectivity index (χ0v) is 18.3. The van der Waals surface area contributed by atoms with Gasteiger partial charge in [-0.15, -0.1) is 0 Å². The topological polar surface area (TPSA) is 73.0 Å². The zero-order valence-electron chi connectivity index (χ0n) is 18.3. The smallest absolute Gasteiger partial charge is 0.325 e. The Morgan fingerprint density at radius 2 is 1.87 bits per heavy atom. The number of carbonyl (C=O) groups is 3. The molecule has 7 heteroatoms. The maximum atomic E-state index is 13.1. The highest BCUT2D eigenvalue weighted by molar-refractivity contribution is 6.09. The maximum absolute atomic E-state index is 13.1. The molecule has 0 radical (unpaired) electrons. The van der Waals surface area contributed by atoms with Crippen molar-refractivity contribution in [3.05, 3.63) is 42.0 Å². The van der Waals surface area contributed by atoms with E-state index in [-0.39, 0.29) is 24.3 Å². The number of hydrogen-bond acceptors (Lipinski definition) is 4. The minimum atomic E-state index is -0.806. The third-order valence-corrected chi connectivity index (χ3v) is 6.99. The van der Waals surface area contributed by atoms with Gasteiger partial charge in [-0.25, -0.2) is 4.79 Å². The van der Waals surface area contributed by atoms with Crippen molar-refractivity contribution in [3.8, 4) is 0 Å². The molecule has 2 aliphatic heterocycles. The van der Waals surface area contributed by atoms with Gasteiger partial charge in [0, 0.05) is 32.7 Å². The van der Waals surface area contributed by atoms with Crippen molar-refractivity contribution in [2.24, 2.45) is 5.92 Å². The summed E-state index contributed by atoms with van der Waals surface area (Å²) in [6, 6.07) is 9.76. The molecule has 1 N–H and O–H groups in total. The molecule has 1 saturated carbocycles. The van der Waals surface area contributed by atoms with Crippen molar-refractivity contribution in [2.75, 3.05) is 39.3 Å². The third-order valence-electron chi connectivity index (χ3n) is 6.99. The van der Waals surface area contributed by atoms with Crippen LogP contribution in [0.25, 0.3) is 6.08 Å². The molecule has 2 saturated heterocycles. The minimum Gasteiger partial charge on any atom is -0.339 e. The Bertz CT molecular complexity index is 848. The van der Waals surface area contributed by atoms with E-state index in [2.05, 4.69) is 34.5 Å². The van der Waals surface area contributed by atoms with Crippen LogP contribution >= 0.6 is 0 Å². The SMILES string of the molecule is CC1CCCCC12NC(=O)N(CC(=O)N1CCN(C/C=C/c3ccccc3)CC1)C2=O. The first-order chi connectivity index (χ1) is 15.0. The zero-order chi connectivity index (χ0) is 21.8. The molecular formula is C24H32N4O3. The van der Waals surface area contributed by atoms with Crippen molar-refractivity contribution >= 4 is 23.9 Å². The summed E-state index contributed by atoms with van der Waals surface area (Å²) >= 11 is 0. The van der Waals surface area contributed by atoms with E-state index in [9.17, 15) is 14.4 Å². The van der Waals surface area contributed by atoms with E-state index >= 15 is 0 Å². The molecule has 2 atom stereocenters. The van der Waals surface area contributed by atoms with E-state index in [4.69, 9.17) is 0 Å². The number of amides is 4. The van der Waals surface area contributed by atoms with Crippen LogP contribution in [0.5, 0.6) is 0 Å². The number of carbonyl (C=O) groups excluding carboxylic acids is 3. The van der Waals surface area contributed by atoms with E-state index in [1.165, 1.54) is 5.56 Å². The second-order valence-electron chi connectivity index (χ2n) is 8.93. The number of nitrogens with one attached hydrogen (secondary N) is 1. The van der Waals surface area contributed by atoms with Crippen LogP contribution in [0.1, 0.15) is 38.2 Å². The average Bonchev–Trinajstić information content (AvgIpc) is 3.02. The van der Waals surface area contributed by atoms with Gasteiger partial charge in [0.25, 0.3) is 5.91 Å². The van der Waals surface area contributed by atoms with Crippen LogP contribution in [0.15, 0.2) is 36.4 Å². The van der Waals surface area contributed by atoms with E-state index < -0.39 is 11.6 Å². The normalized spacial score (nSPS) is 27.3. The first-order valence-corrected chi connectivity index (χ1v) is 11.4. The van der Waals surface area contributed by atoms with Crippen molar-refractivity contribution in [3.63, 3.8) is 0 Å². The monoisotopic (exact) mass is 424 g/mol. The van der Waals surface area contributed by atoms with Crippen LogP contribution in [-0.2, 0) is 9.59 Å². The molecule has 2 heterocycles. The first kappa shape index (κ1) is 21.6. The van der Waals surface area contributed by atoms with Crippen LogP contribution in [0.3, 0.4) is 0 Å². The van der Waals surface area contributed by atoms with Gasteiger partial charge in [-0.2, -0.15) is 0 Å². The standard InChI is InChI=1S/C24H32N4O3/c1-19-8-5-6-12-24(19)22(30)28(23(31)25-24)18-21(29)27-16-14-26(15-17-27)13-7-11-20-9-3-2-4-10-20/h2-4,7,9-11,19H,5-6,8,12-18H2,1H3,(H,25,31)/b11-7+. The lowest BCUT2D eigenvalue weighted by molar-refractivity contribution is -0.141. The largest absolute Gasteiger partial charge is 0.339 e. The number of urea groups is 1. The molecule has 4 amide bonds. The van der Waals surface area contributed by atoms with Crippen LogP contribution in [-0.4, -0.2) is 77.4 Å². The summed E-state index contributed by atoms with van der Waals surface area (Å²) in [5.74, 6) is -0.267. The Labute approximate surface area is 184 Å². The Morgan fingerprint density at radius 1 is 1.13 bits per heavy atom. The predicted octanol–water partition coefficient (Wildman–Crippen LogP) is 2.34. The molecule has 3 aliphatic rings. The number of nitrogens with zero attached hydrogens (tertiary/aromatic N) is 3. The predicted molar refractivity (Wildman–Crippen MR) is 119 cm³/mol. The van der Waals surface area contributed by atoms with Crippen molar-refractivity contribution in [2.45, 2.75) is 38.1 Å². The lowest BCUT2D eigenvalue weighted by Crippen LogP contribution is -2.54. The molecular weight excluding hydrogens is 392 g/mol. The molecule has 0 bridgehead atoms. The summed E-state index contributed by atoms with van der Waals surface area (Å²) in [6.45, 7) is 5.50. The lowest BCUT2D eigenvalue weighted by atomic mass is 9.73. The molecule has 1 aliphatic carbocycles. The van der Waals surface area contributed by atoms with Gasteiger partial charge in [0.1, 0.15) is 12.1 Å². The highest BCUT2D eigenvalue weighted by atomic mass is 16.2. The van der Waals surface area contributed by atoms with E-state index in [1.807, 2.05) is 25.1 Å². The van der Waals surface area contributed by atoms with E-state index in [1.54, 1.807) is 4.90 Å². The fraction of sp³-hybridized carbons (Fsp3) is 0.542. The number of hydrogen-bond donors (Lipinski definition) is 1. The molecule has 2 unspecified atom stereocenters. The number of imide groups is 1. The van der Waals surface area contributed by atoms with Gasteiger partial charge in [-0.1, -0.05) is 62.2 Å². The Hall–Kier alpha value is -2.67. The van der Waals surface area contributed by atoms with E-state index in [0.29, 0.717) is 19.5 Å². The second kappa shape index (κ2) is 9.22. The van der Waals surface area contributed by atoms with E-state index in [0.717, 1.165) is 43.8 Å². The molecule has 31 heavy (non-hydrogen) atoms. The molecule has 7 nitrogen and oxygen atoms in total. The molecule has 1 spiro atoms. The van der Waals surface area contributed by atoms with Gasteiger partial charge < -0.3 is 10.2 Å². The lowest BCUT2D eigenvalue weighted by Gasteiger charge is -2.37. The fourth-order valence-electron chi connectivity index (χ4n) is 4.96. The second-order valence-corrected chi connectivity index (χ2v) is 8.93. The maximum Gasteiger partial charge on any atom is 0.325 e. The summed E-state index contributed by atoms with van der Waals surface area (Å²) in [6.07, 6.45) is 7.85. The van der Waals surface area contributed by atoms with Crippen molar-refractivity contribution in [1.82, 2.24) is 20.0 Å². The van der Waals surface area contributed by atoms with Gasteiger partial charge >= 0.3 is 6.03 Å². The molecule has 3 fully saturated rings. The number of rotatable bonds is 5. The van der Waals surface area contributed by atoms with Crippen LogP contribution < -0.4 is 5.32 Å². The van der Waals surface area contributed by atoms with Gasteiger partial charge in [-0.3, -0.25) is 19.4 Å². The van der Waals surface area contributed by atoms with Crippen molar-refractivity contribution in [1.29, 1.82) is 0 Å². The summed E-state index contributed by atoms with van der Waals surface area (Å²) in [4.78, 5) is 43.6. The Kier molecular flexibility index (Phi) is 6.41. The summed E-state index contributed by atoms with van der Waals surface area (Å²) in [5, 5.41) is 2.92. The highest BCUT2D eigenvalue weighted by Gasteiger charge is 2.55. The summed E-state index contributed by atoms with van der Waals surface area (Å²) < 4.78 is 0. The fourth-order valence-corrected chi connectivity index (χ4v) is 4.96. The van der Waals surface area contributed by atoms with Crippen molar-refractivity contribution < 1.29 is 14.4 Å². The number of benzene rings is 1. The Balaban J connectivity index is 1.27. The first-order valence-electron chi connectivity index (χ1n) is 11.4. The van der Waals surface area contributed by atoms with Crippen LogP contribution in [0.2, 0.25) is 0 Å². The quantitative estimate of drug-likeness (QED) is 0.737. The van der Waals surface area contributed by atoms with Gasteiger partial charge in [-0.05, 0) is 24.3 Å². The van der Waals surface area contributed by atoms with Gasteiger partial charge in [0.05, 0.1) is 0 Å². The molecule has 0 aromatic heterocycles. The van der Waals surface area contributed by atoms with Crippen LogP contribution in [0.4, 0.5) is 4.79 Å². The van der Waals surface area contributed by atoms with Gasteiger partial charge in [0.15, 0.2) is 0 Å². The summed E-state index contributed by atoms with van der Waals surface area (Å²) in [5.41, 5.74) is 0.370. The minimum absolute atomic E-state index is 0.102. The molecule has 1 aromatic carbocycles. The summed E-state index contributed by atoms with van der Waals surface area (Å²) in [7, 11) is 0. The van der Waals surface area contributed by atoms with Gasteiger partial charge in [0.2, 0.25) is 5.91 Å². The van der Waals surface area contributed by atoms with Crippen LogP contribution in [0, 0.1) is 5.92 Å². The Morgan fingerprint density at radius 3 is 2.58 bits per heavy atom. The average molecular weight is 425 g/mol. The molecule has 166 valence electrons.